The summed E-state index contributed by atoms with van der Waals surface area (Å²) in [7, 11) is 0. The van der Waals surface area contributed by atoms with Crippen LogP contribution in [0.3, 0.4) is 0 Å². The largest absolute Gasteiger partial charge is 0.514 e. The Labute approximate surface area is 134 Å². The topological polar surface area (TPSA) is 52.6 Å². The van der Waals surface area contributed by atoms with Crippen LogP contribution in [-0.2, 0) is 9.47 Å². The van der Waals surface area contributed by atoms with Crippen molar-refractivity contribution >= 4 is 18.0 Å². The molecule has 1 heterocycles. The Bertz CT molecular complexity index is 771. The molecule has 2 aromatic carbocycles. The van der Waals surface area contributed by atoms with Crippen molar-refractivity contribution in [2.45, 2.75) is 19.4 Å². The molecule has 1 aliphatic rings. The van der Waals surface area contributed by atoms with Crippen molar-refractivity contribution in [3.05, 3.63) is 77.0 Å². The maximum absolute atomic E-state index is 11.6. The molecular weight excluding hydrogens is 292 g/mol. The van der Waals surface area contributed by atoms with Crippen molar-refractivity contribution < 1.29 is 19.1 Å². The lowest BCUT2D eigenvalue weighted by atomic mass is 9.91. The first-order chi connectivity index (χ1) is 11.0. The van der Waals surface area contributed by atoms with Gasteiger partial charge in [-0.2, -0.15) is 0 Å². The van der Waals surface area contributed by atoms with Crippen LogP contribution >= 0.6 is 0 Å². The van der Waals surface area contributed by atoms with Crippen molar-refractivity contribution in [2.75, 3.05) is 0 Å². The average molecular weight is 308 g/mol. The van der Waals surface area contributed by atoms with Crippen molar-refractivity contribution in [1.29, 1.82) is 0 Å². The number of ether oxygens (including phenoxy) is 2. The molecule has 0 saturated carbocycles. The highest BCUT2D eigenvalue weighted by Gasteiger charge is 2.42. The van der Waals surface area contributed by atoms with Gasteiger partial charge in [0.15, 0.2) is 11.4 Å². The van der Waals surface area contributed by atoms with Gasteiger partial charge < -0.3 is 9.47 Å². The molecule has 4 heteroatoms. The zero-order valence-corrected chi connectivity index (χ0v) is 12.9. The van der Waals surface area contributed by atoms with Crippen LogP contribution in [0.4, 0.5) is 4.79 Å². The van der Waals surface area contributed by atoms with E-state index >= 15 is 0 Å². The maximum Gasteiger partial charge on any atom is 0.514 e. The number of hydrogen-bond donors (Lipinski definition) is 0. The summed E-state index contributed by atoms with van der Waals surface area (Å²) in [5.41, 5.74) is 2.27. The van der Waals surface area contributed by atoms with E-state index in [9.17, 15) is 9.59 Å². The Hall–Kier alpha value is -2.88. The number of rotatable bonds is 3. The van der Waals surface area contributed by atoms with E-state index in [-0.39, 0.29) is 0 Å². The van der Waals surface area contributed by atoms with E-state index in [1.807, 2.05) is 42.5 Å². The second-order valence-corrected chi connectivity index (χ2v) is 5.77. The minimum absolute atomic E-state index is 0.465. The van der Waals surface area contributed by atoms with Gasteiger partial charge in [-0.1, -0.05) is 54.6 Å². The molecule has 0 N–H and O–H groups in total. The van der Waals surface area contributed by atoms with E-state index in [1.165, 1.54) is 0 Å². The highest BCUT2D eigenvalue weighted by Crippen LogP contribution is 2.39. The van der Waals surface area contributed by atoms with Crippen molar-refractivity contribution in [1.82, 2.24) is 0 Å². The fraction of sp³-hybridized carbons (Fsp3) is 0.158. The third-order valence-corrected chi connectivity index (χ3v) is 3.70. The Kier molecular flexibility index (Phi) is 3.74. The van der Waals surface area contributed by atoms with Crippen LogP contribution in [0, 0.1) is 0 Å². The lowest BCUT2D eigenvalue weighted by Gasteiger charge is -2.19. The normalized spacial score (nSPS) is 18.1. The Morgan fingerprint density at radius 3 is 2.09 bits per heavy atom. The van der Waals surface area contributed by atoms with E-state index in [1.54, 1.807) is 26.0 Å². The van der Waals surface area contributed by atoms with E-state index < -0.39 is 11.8 Å². The monoisotopic (exact) mass is 308 g/mol. The summed E-state index contributed by atoms with van der Waals surface area (Å²) in [6.07, 6.45) is 0.0878. The van der Waals surface area contributed by atoms with Crippen molar-refractivity contribution in [3.8, 4) is 0 Å². The van der Waals surface area contributed by atoms with E-state index in [4.69, 9.17) is 9.47 Å². The standard InChI is InChI=1S/C19H16O4/c1-19(2)17(22-18(21)23-19)16(14-6-4-3-5-7-14)15-10-8-13(12-20)9-11-15/h3-12H,1-2H3/b17-16-. The molecule has 23 heavy (non-hydrogen) atoms. The van der Waals surface area contributed by atoms with Gasteiger partial charge in [0.25, 0.3) is 0 Å². The highest BCUT2D eigenvalue weighted by molar-refractivity contribution is 5.86. The Balaban J connectivity index is 2.22. The molecule has 3 rings (SSSR count). The first-order valence-corrected chi connectivity index (χ1v) is 7.28. The molecule has 0 spiro atoms. The Morgan fingerprint density at radius 2 is 1.57 bits per heavy atom. The second kappa shape index (κ2) is 5.72. The van der Waals surface area contributed by atoms with Crippen LogP contribution < -0.4 is 0 Å². The summed E-state index contributed by atoms with van der Waals surface area (Å²) in [6.45, 7) is 3.58. The van der Waals surface area contributed by atoms with Crippen LogP contribution in [0.5, 0.6) is 0 Å². The molecule has 116 valence electrons. The van der Waals surface area contributed by atoms with Gasteiger partial charge in [-0.15, -0.1) is 0 Å². The summed E-state index contributed by atoms with van der Waals surface area (Å²) in [6, 6.07) is 16.8. The molecule has 1 aliphatic heterocycles. The SMILES string of the molecule is CC1(C)OC(=O)O/C1=C(/c1ccccc1)c1ccc(C=O)cc1. The van der Waals surface area contributed by atoms with Crippen molar-refractivity contribution in [3.63, 3.8) is 0 Å². The summed E-state index contributed by atoms with van der Waals surface area (Å²) in [4.78, 5) is 22.5. The molecule has 1 fully saturated rings. The molecular formula is C19H16O4. The van der Waals surface area contributed by atoms with Crippen LogP contribution in [0.25, 0.3) is 5.57 Å². The van der Waals surface area contributed by atoms with Gasteiger partial charge in [0, 0.05) is 11.1 Å². The van der Waals surface area contributed by atoms with Gasteiger partial charge >= 0.3 is 6.16 Å². The number of carbonyl (C=O) groups is 2. The zero-order chi connectivity index (χ0) is 16.4. The fourth-order valence-corrected chi connectivity index (χ4v) is 2.60. The Morgan fingerprint density at radius 1 is 0.957 bits per heavy atom. The molecule has 4 nitrogen and oxygen atoms in total. The molecule has 0 amide bonds. The predicted octanol–water partition coefficient (Wildman–Crippen LogP) is 4.20. The molecule has 0 atom stereocenters. The van der Waals surface area contributed by atoms with E-state index in [0.29, 0.717) is 11.3 Å². The van der Waals surface area contributed by atoms with Gasteiger partial charge in [0.2, 0.25) is 0 Å². The van der Waals surface area contributed by atoms with Gasteiger partial charge in [-0.05, 0) is 25.0 Å². The van der Waals surface area contributed by atoms with Crippen LogP contribution in [-0.4, -0.2) is 18.0 Å². The lowest BCUT2D eigenvalue weighted by molar-refractivity contribution is 0.0872. The molecule has 0 radical (unpaired) electrons. The highest BCUT2D eigenvalue weighted by atomic mass is 16.8. The molecule has 0 unspecified atom stereocenters. The first kappa shape index (κ1) is 15.0. The number of cyclic esters (lactones) is 2. The van der Waals surface area contributed by atoms with Crippen LogP contribution in [0.1, 0.15) is 35.3 Å². The van der Waals surface area contributed by atoms with Gasteiger partial charge in [0.05, 0.1) is 0 Å². The van der Waals surface area contributed by atoms with Gasteiger partial charge in [-0.25, -0.2) is 4.79 Å². The van der Waals surface area contributed by atoms with E-state index in [0.717, 1.165) is 23.0 Å². The molecule has 0 aromatic heterocycles. The average Bonchev–Trinajstić information content (AvgIpc) is 2.82. The number of aldehydes is 1. The van der Waals surface area contributed by atoms with E-state index in [2.05, 4.69) is 0 Å². The predicted molar refractivity (Wildman–Crippen MR) is 85.9 cm³/mol. The van der Waals surface area contributed by atoms with Crippen LogP contribution in [0.15, 0.2) is 60.4 Å². The molecule has 0 aliphatic carbocycles. The maximum atomic E-state index is 11.6. The van der Waals surface area contributed by atoms with Crippen LogP contribution in [0.2, 0.25) is 0 Å². The molecule has 1 saturated heterocycles. The quantitative estimate of drug-likeness (QED) is 0.630. The first-order valence-electron chi connectivity index (χ1n) is 7.28. The molecule has 2 aromatic rings. The van der Waals surface area contributed by atoms with Gasteiger partial charge in [0.1, 0.15) is 6.29 Å². The third-order valence-electron chi connectivity index (χ3n) is 3.70. The summed E-state index contributed by atoms with van der Waals surface area (Å²) in [5.74, 6) is 0.465. The summed E-state index contributed by atoms with van der Waals surface area (Å²) >= 11 is 0. The number of benzene rings is 2. The third kappa shape index (κ3) is 2.88. The second-order valence-electron chi connectivity index (χ2n) is 5.77. The number of hydrogen-bond acceptors (Lipinski definition) is 4. The van der Waals surface area contributed by atoms with Gasteiger partial charge in [-0.3, -0.25) is 4.79 Å². The fourth-order valence-electron chi connectivity index (χ4n) is 2.60. The smallest absolute Gasteiger partial charge is 0.420 e. The summed E-state index contributed by atoms with van der Waals surface area (Å²) in [5, 5.41) is 0. The number of carbonyl (C=O) groups excluding carboxylic acids is 2. The lowest BCUT2D eigenvalue weighted by Crippen LogP contribution is -2.21. The zero-order valence-electron chi connectivity index (χ0n) is 12.9. The molecule has 0 bridgehead atoms. The summed E-state index contributed by atoms with van der Waals surface area (Å²) < 4.78 is 10.6. The minimum atomic E-state index is -0.856. The minimum Gasteiger partial charge on any atom is -0.420 e. The van der Waals surface area contributed by atoms with Crippen molar-refractivity contribution in [2.24, 2.45) is 0 Å².